The van der Waals surface area contributed by atoms with E-state index >= 15 is 0 Å². The number of carbonyl (C=O) groups excluding carboxylic acids is 2. The van der Waals surface area contributed by atoms with E-state index in [0.717, 1.165) is 6.08 Å². The first kappa shape index (κ1) is 38.7. The summed E-state index contributed by atoms with van der Waals surface area (Å²) < 4.78 is 29.4. The summed E-state index contributed by atoms with van der Waals surface area (Å²) in [5, 5.41) is 8.20. The molecular formula is C22H45NaO9. The minimum absolute atomic E-state index is 0. The average molecular weight is 477 g/mol. The van der Waals surface area contributed by atoms with Crippen molar-refractivity contribution in [3.8, 4) is 0 Å². The quantitative estimate of drug-likeness (QED) is 0.175. The van der Waals surface area contributed by atoms with Crippen LogP contribution >= 0.6 is 0 Å². The molecule has 0 aromatic rings. The summed E-state index contributed by atoms with van der Waals surface area (Å²) in [6.07, 6.45) is 1.45. The molecule has 32 heavy (non-hydrogen) atoms. The van der Waals surface area contributed by atoms with E-state index in [0.29, 0.717) is 46.1 Å². The molecule has 0 saturated heterocycles. The van der Waals surface area contributed by atoms with Crippen LogP contribution in [0, 0.1) is 0 Å². The van der Waals surface area contributed by atoms with Gasteiger partial charge in [-0.2, -0.15) is 0 Å². The molecule has 0 aromatic carbocycles. The van der Waals surface area contributed by atoms with Gasteiger partial charge in [-0.1, -0.05) is 6.58 Å². The predicted octanol–water partition coefficient (Wildman–Crippen LogP) is -0.346. The summed E-state index contributed by atoms with van der Waals surface area (Å²) in [6.45, 7) is 17.4. The van der Waals surface area contributed by atoms with Crippen LogP contribution in [0.4, 0.5) is 0 Å². The van der Waals surface area contributed by atoms with Crippen LogP contribution in [0.3, 0.4) is 0 Å². The van der Waals surface area contributed by atoms with Crippen molar-refractivity contribution in [1.29, 1.82) is 0 Å². The average Bonchev–Trinajstić information content (AvgIpc) is 2.63. The fraction of sp³-hybridized carbons (Fsp3) is 0.818. The van der Waals surface area contributed by atoms with Gasteiger partial charge in [-0.05, 0) is 41.5 Å². The first-order valence-corrected chi connectivity index (χ1v) is 10.1. The molecule has 0 rings (SSSR count). The molecule has 0 radical (unpaired) electrons. The second-order valence-corrected chi connectivity index (χ2v) is 8.01. The zero-order valence-corrected chi connectivity index (χ0v) is 23.7. The molecule has 0 saturated carbocycles. The van der Waals surface area contributed by atoms with Crippen molar-refractivity contribution in [2.75, 3.05) is 60.5 Å². The third-order valence-electron chi connectivity index (χ3n) is 2.54. The predicted molar refractivity (Wildman–Crippen MR) is 120 cm³/mol. The normalized spacial score (nSPS) is 10.4. The number of hydrogen-bond acceptors (Lipinski definition) is 9. The van der Waals surface area contributed by atoms with Crippen molar-refractivity contribution in [2.24, 2.45) is 0 Å². The molecule has 0 amide bonds. The number of methoxy groups -OCH3 is 2. The van der Waals surface area contributed by atoms with Crippen molar-refractivity contribution >= 4 is 11.9 Å². The maximum Gasteiger partial charge on any atom is 1.00 e. The molecule has 0 aromatic heterocycles. The van der Waals surface area contributed by atoms with Crippen molar-refractivity contribution in [1.82, 2.24) is 0 Å². The molecule has 0 bridgehead atoms. The van der Waals surface area contributed by atoms with Gasteiger partial charge in [0.25, 0.3) is 0 Å². The fourth-order valence-corrected chi connectivity index (χ4v) is 1.44. The van der Waals surface area contributed by atoms with Crippen LogP contribution in [0.1, 0.15) is 49.4 Å². The topological polar surface area (TPSA) is 110 Å². The van der Waals surface area contributed by atoms with E-state index in [1.54, 1.807) is 14.2 Å². The smallest absolute Gasteiger partial charge is 1.00 e. The van der Waals surface area contributed by atoms with Gasteiger partial charge in [0.2, 0.25) is 0 Å². The monoisotopic (exact) mass is 476 g/mol. The van der Waals surface area contributed by atoms with Gasteiger partial charge in [-0.15, -0.1) is 0 Å². The van der Waals surface area contributed by atoms with Crippen LogP contribution in [0.15, 0.2) is 12.7 Å². The van der Waals surface area contributed by atoms with Crippen LogP contribution < -0.4 is 29.6 Å². The zero-order valence-electron chi connectivity index (χ0n) is 22.7. The van der Waals surface area contributed by atoms with Gasteiger partial charge in [0.1, 0.15) is 11.2 Å². The number of aliphatic hydroxyl groups excluding tert-OH is 1. The zero-order chi connectivity index (χ0) is 24.8. The van der Waals surface area contributed by atoms with E-state index in [1.807, 2.05) is 41.5 Å². The number of hydrogen-bond donors (Lipinski definition) is 1. The van der Waals surface area contributed by atoms with Crippen LogP contribution in [0.5, 0.6) is 0 Å². The first-order chi connectivity index (χ1) is 14.3. The summed E-state index contributed by atoms with van der Waals surface area (Å²) in [5.41, 5.74) is -0.811. The Morgan fingerprint density at radius 3 is 1.56 bits per heavy atom. The van der Waals surface area contributed by atoms with Crippen molar-refractivity contribution < 1.29 is 74.1 Å². The minimum atomic E-state index is -0.413. The molecule has 1 N–H and O–H groups in total. The number of ether oxygens (including phenoxy) is 6. The van der Waals surface area contributed by atoms with Gasteiger partial charge in [0.15, 0.2) is 0 Å². The Morgan fingerprint density at radius 2 is 1.25 bits per heavy atom. The summed E-state index contributed by atoms with van der Waals surface area (Å²) in [5.74, 6) is -0.600. The van der Waals surface area contributed by atoms with Gasteiger partial charge >= 0.3 is 41.5 Å². The van der Waals surface area contributed by atoms with E-state index in [9.17, 15) is 9.59 Å². The number of carbonyl (C=O) groups is 2. The maximum atomic E-state index is 11.2. The van der Waals surface area contributed by atoms with Crippen molar-refractivity contribution in [3.63, 3.8) is 0 Å². The molecule has 0 aliphatic rings. The number of esters is 2. The van der Waals surface area contributed by atoms with Gasteiger partial charge in [0, 0.05) is 20.3 Å². The second kappa shape index (κ2) is 25.1. The van der Waals surface area contributed by atoms with E-state index in [-0.39, 0.29) is 49.5 Å². The summed E-state index contributed by atoms with van der Waals surface area (Å²) in [4.78, 5) is 21.6. The van der Waals surface area contributed by atoms with E-state index in [4.69, 9.17) is 28.8 Å². The van der Waals surface area contributed by atoms with Gasteiger partial charge in [-0.3, -0.25) is 4.79 Å². The Balaban J connectivity index is -0.000000121. The Hall–Kier alpha value is -0.520. The van der Waals surface area contributed by atoms with Crippen molar-refractivity contribution in [3.05, 3.63) is 12.7 Å². The van der Waals surface area contributed by atoms with Crippen LogP contribution in [0.25, 0.3) is 0 Å². The number of aliphatic hydroxyl groups is 1. The molecule has 0 fully saturated rings. The van der Waals surface area contributed by atoms with Crippen LogP contribution in [-0.2, 0) is 38.0 Å². The molecule has 9 nitrogen and oxygen atoms in total. The third-order valence-corrected chi connectivity index (χ3v) is 2.54. The molecular weight excluding hydrogens is 431 g/mol. The summed E-state index contributed by atoms with van der Waals surface area (Å²) in [7, 11) is 3.22. The largest absolute Gasteiger partial charge is 1.00 e. The SMILES string of the molecule is C=CC(=O)OC(C)(C)C.COCCOCCC(=O)OC(C)(C)C.COCCOCCO.[H-].[Na+]. The number of rotatable bonds is 12. The van der Waals surface area contributed by atoms with Gasteiger partial charge in [0.05, 0.1) is 52.7 Å². The van der Waals surface area contributed by atoms with Crippen LogP contribution in [0.2, 0.25) is 0 Å². The molecule has 0 heterocycles. The van der Waals surface area contributed by atoms with Crippen LogP contribution in [-0.4, -0.2) is 88.7 Å². The Bertz CT molecular complexity index is 444. The van der Waals surface area contributed by atoms with Crippen molar-refractivity contribution in [2.45, 2.75) is 59.2 Å². The molecule has 0 aliphatic carbocycles. The fourth-order valence-electron chi connectivity index (χ4n) is 1.44. The summed E-state index contributed by atoms with van der Waals surface area (Å²) >= 11 is 0. The molecule has 10 heteroatoms. The Labute approximate surface area is 217 Å². The van der Waals surface area contributed by atoms with E-state index < -0.39 is 11.2 Å². The molecule has 188 valence electrons. The van der Waals surface area contributed by atoms with E-state index in [2.05, 4.69) is 11.3 Å². The Kier molecular flexibility index (Phi) is 30.4. The Morgan fingerprint density at radius 1 is 0.812 bits per heavy atom. The van der Waals surface area contributed by atoms with E-state index in [1.165, 1.54) is 0 Å². The second-order valence-electron chi connectivity index (χ2n) is 8.01. The van der Waals surface area contributed by atoms with Gasteiger partial charge < -0.3 is 35.0 Å². The third kappa shape index (κ3) is 43.4. The standard InChI is InChI=1S/C10H20O4.C7H12O2.C5H12O3.Na.H/c1-10(2,3)14-9(11)5-6-13-8-7-12-4;1-5-6(8)9-7(2,3)4;1-7-4-5-8-3-2-6;;/h5-8H2,1-4H3;5H,1H2,2-4H3;6H,2-5H2,1H3;;/q;;;+1;-1. The molecule has 0 atom stereocenters. The molecule has 0 spiro atoms. The first-order valence-electron chi connectivity index (χ1n) is 10.1. The van der Waals surface area contributed by atoms with Gasteiger partial charge in [-0.25, -0.2) is 4.79 Å². The maximum absolute atomic E-state index is 11.2. The summed E-state index contributed by atoms with van der Waals surface area (Å²) in [6, 6.07) is 0. The molecule has 0 unspecified atom stereocenters. The minimum Gasteiger partial charge on any atom is -1.00 e. The molecule has 0 aliphatic heterocycles.